The molecule has 2 amide bonds. The van der Waals surface area contributed by atoms with Crippen LogP contribution in [0, 0.1) is 19.7 Å². The number of hydrogen-bond acceptors (Lipinski definition) is 3. The van der Waals surface area contributed by atoms with E-state index in [0.717, 1.165) is 16.8 Å². The highest BCUT2D eigenvalue weighted by Gasteiger charge is 2.23. The number of nitrogens with one attached hydrogen (secondary N) is 2. The van der Waals surface area contributed by atoms with Gasteiger partial charge in [0.2, 0.25) is 0 Å². The number of urea groups is 1. The zero-order chi connectivity index (χ0) is 16.3. The van der Waals surface area contributed by atoms with E-state index in [9.17, 15) is 9.18 Å². The Bertz CT molecular complexity index is 643. The normalized spacial score (nSPS) is 11.3. The molecule has 118 valence electrons. The Labute approximate surface area is 128 Å². The summed E-state index contributed by atoms with van der Waals surface area (Å²) < 4.78 is 18.0. The number of aryl methyl sites for hydroxylation is 2. The largest absolute Gasteiger partial charge is 0.361 e. The van der Waals surface area contributed by atoms with Crippen LogP contribution in [0.15, 0.2) is 28.8 Å². The first-order chi connectivity index (χ1) is 10.3. The Hall–Kier alpha value is -2.37. The Morgan fingerprint density at radius 2 is 1.91 bits per heavy atom. The summed E-state index contributed by atoms with van der Waals surface area (Å²) in [6.07, 6.45) is 0. The van der Waals surface area contributed by atoms with Crippen LogP contribution >= 0.6 is 0 Å². The highest BCUT2D eigenvalue weighted by Crippen LogP contribution is 2.20. The SMILES string of the molecule is Cc1noc(C)c1CNC(=O)NC(C)(C)c1ccc(F)cc1. The molecule has 1 aromatic carbocycles. The fourth-order valence-corrected chi connectivity index (χ4v) is 2.19. The summed E-state index contributed by atoms with van der Waals surface area (Å²) in [5.74, 6) is 0.387. The molecule has 0 radical (unpaired) electrons. The molecule has 2 N–H and O–H groups in total. The van der Waals surface area contributed by atoms with Crippen LogP contribution in [-0.2, 0) is 12.1 Å². The Balaban J connectivity index is 1.97. The van der Waals surface area contributed by atoms with Crippen molar-refractivity contribution in [3.8, 4) is 0 Å². The van der Waals surface area contributed by atoms with Gasteiger partial charge in [0.15, 0.2) is 0 Å². The lowest BCUT2D eigenvalue weighted by atomic mass is 9.94. The summed E-state index contributed by atoms with van der Waals surface area (Å²) in [6.45, 7) is 7.68. The van der Waals surface area contributed by atoms with E-state index in [1.807, 2.05) is 20.8 Å². The number of carbonyl (C=O) groups excluding carboxylic acids is 1. The van der Waals surface area contributed by atoms with E-state index in [2.05, 4.69) is 15.8 Å². The average molecular weight is 305 g/mol. The maximum atomic E-state index is 13.0. The highest BCUT2D eigenvalue weighted by atomic mass is 19.1. The lowest BCUT2D eigenvalue weighted by Gasteiger charge is -2.27. The summed E-state index contributed by atoms with van der Waals surface area (Å²) in [5.41, 5.74) is 1.84. The number of aromatic nitrogens is 1. The molecule has 0 unspecified atom stereocenters. The molecule has 0 saturated heterocycles. The van der Waals surface area contributed by atoms with Crippen LogP contribution in [0.4, 0.5) is 9.18 Å². The van der Waals surface area contributed by atoms with Crippen LogP contribution in [0.25, 0.3) is 0 Å². The third-order valence-electron chi connectivity index (χ3n) is 3.60. The van der Waals surface area contributed by atoms with Gasteiger partial charge in [0, 0.05) is 12.1 Å². The first-order valence-electron chi connectivity index (χ1n) is 7.03. The summed E-state index contributed by atoms with van der Waals surface area (Å²) in [7, 11) is 0. The van der Waals surface area contributed by atoms with Gasteiger partial charge in [-0.05, 0) is 45.4 Å². The van der Waals surface area contributed by atoms with Crippen molar-refractivity contribution in [1.82, 2.24) is 15.8 Å². The van der Waals surface area contributed by atoms with Crippen molar-refractivity contribution in [2.24, 2.45) is 0 Å². The summed E-state index contributed by atoms with van der Waals surface area (Å²) in [5, 5.41) is 9.49. The molecular formula is C16H20FN3O2. The summed E-state index contributed by atoms with van der Waals surface area (Å²) >= 11 is 0. The van der Waals surface area contributed by atoms with Crippen LogP contribution < -0.4 is 10.6 Å². The molecule has 1 heterocycles. The second-order valence-corrected chi connectivity index (χ2v) is 5.74. The van der Waals surface area contributed by atoms with Gasteiger partial charge in [0.1, 0.15) is 11.6 Å². The van der Waals surface area contributed by atoms with Crippen molar-refractivity contribution >= 4 is 6.03 Å². The Kier molecular flexibility index (Phi) is 4.49. The minimum absolute atomic E-state index is 0.303. The third kappa shape index (κ3) is 3.63. The second-order valence-electron chi connectivity index (χ2n) is 5.74. The standard InChI is InChI=1S/C16H20FN3O2/c1-10-14(11(2)22-20-10)9-18-15(21)19-16(3,4)12-5-7-13(17)8-6-12/h5-8H,9H2,1-4H3,(H2,18,19,21). The number of carbonyl (C=O) groups is 1. The molecule has 0 saturated carbocycles. The van der Waals surface area contributed by atoms with Crippen LogP contribution in [0.5, 0.6) is 0 Å². The van der Waals surface area contributed by atoms with Crippen molar-refractivity contribution in [3.63, 3.8) is 0 Å². The molecule has 0 spiro atoms. The van der Waals surface area contributed by atoms with Crippen molar-refractivity contribution < 1.29 is 13.7 Å². The molecule has 5 nitrogen and oxygen atoms in total. The Morgan fingerprint density at radius 3 is 2.45 bits per heavy atom. The summed E-state index contributed by atoms with van der Waals surface area (Å²) in [6, 6.07) is 5.75. The monoisotopic (exact) mass is 305 g/mol. The maximum Gasteiger partial charge on any atom is 0.315 e. The van der Waals surface area contributed by atoms with Gasteiger partial charge in [-0.15, -0.1) is 0 Å². The molecule has 0 fully saturated rings. The number of rotatable bonds is 4. The molecule has 2 rings (SSSR count). The van der Waals surface area contributed by atoms with Gasteiger partial charge in [0.05, 0.1) is 11.2 Å². The zero-order valence-electron chi connectivity index (χ0n) is 13.2. The van der Waals surface area contributed by atoms with Gasteiger partial charge in [0.25, 0.3) is 0 Å². The highest BCUT2D eigenvalue weighted by molar-refractivity contribution is 5.75. The average Bonchev–Trinajstić information content (AvgIpc) is 2.76. The molecule has 0 bridgehead atoms. The number of halogens is 1. The van der Waals surface area contributed by atoms with Crippen LogP contribution in [0.3, 0.4) is 0 Å². The van der Waals surface area contributed by atoms with Crippen LogP contribution in [0.1, 0.15) is 36.4 Å². The number of amides is 2. The van der Waals surface area contributed by atoms with E-state index in [1.54, 1.807) is 19.1 Å². The van der Waals surface area contributed by atoms with Crippen LogP contribution in [0.2, 0.25) is 0 Å². The molecule has 22 heavy (non-hydrogen) atoms. The van der Waals surface area contributed by atoms with Gasteiger partial charge in [-0.25, -0.2) is 9.18 Å². The van der Waals surface area contributed by atoms with E-state index >= 15 is 0 Å². The quantitative estimate of drug-likeness (QED) is 0.911. The lowest BCUT2D eigenvalue weighted by Crippen LogP contribution is -2.46. The second kappa shape index (κ2) is 6.17. The van der Waals surface area contributed by atoms with E-state index in [1.165, 1.54) is 12.1 Å². The minimum atomic E-state index is -0.615. The van der Waals surface area contributed by atoms with Crippen molar-refractivity contribution in [1.29, 1.82) is 0 Å². The van der Waals surface area contributed by atoms with Gasteiger partial charge in [-0.2, -0.15) is 0 Å². The van der Waals surface area contributed by atoms with E-state index in [4.69, 9.17) is 4.52 Å². The van der Waals surface area contributed by atoms with Gasteiger partial charge in [-0.3, -0.25) is 0 Å². The lowest BCUT2D eigenvalue weighted by molar-refractivity contribution is 0.229. The first-order valence-corrected chi connectivity index (χ1v) is 7.03. The third-order valence-corrected chi connectivity index (χ3v) is 3.60. The predicted octanol–water partition coefficient (Wildman–Crippen LogP) is 3.17. The van der Waals surface area contributed by atoms with Gasteiger partial charge < -0.3 is 15.2 Å². The van der Waals surface area contributed by atoms with Crippen molar-refractivity contribution in [2.45, 2.75) is 39.8 Å². The number of nitrogens with zero attached hydrogens (tertiary/aromatic N) is 1. The molecule has 0 atom stereocenters. The fourth-order valence-electron chi connectivity index (χ4n) is 2.19. The van der Waals surface area contributed by atoms with Crippen LogP contribution in [-0.4, -0.2) is 11.2 Å². The number of hydrogen-bond donors (Lipinski definition) is 2. The van der Waals surface area contributed by atoms with E-state index < -0.39 is 5.54 Å². The molecule has 6 heteroatoms. The Morgan fingerprint density at radius 1 is 1.27 bits per heavy atom. The maximum absolute atomic E-state index is 13.0. The topological polar surface area (TPSA) is 67.2 Å². The van der Waals surface area contributed by atoms with Gasteiger partial charge in [-0.1, -0.05) is 17.3 Å². The smallest absolute Gasteiger partial charge is 0.315 e. The van der Waals surface area contributed by atoms with E-state index in [-0.39, 0.29) is 11.8 Å². The minimum Gasteiger partial charge on any atom is -0.361 e. The summed E-state index contributed by atoms with van der Waals surface area (Å²) in [4.78, 5) is 12.1. The molecule has 0 aliphatic rings. The predicted molar refractivity (Wildman–Crippen MR) is 80.8 cm³/mol. The molecular weight excluding hydrogens is 285 g/mol. The first kappa shape index (κ1) is 16.0. The van der Waals surface area contributed by atoms with Crippen molar-refractivity contribution in [3.05, 3.63) is 52.7 Å². The molecule has 2 aromatic rings. The van der Waals surface area contributed by atoms with E-state index in [0.29, 0.717) is 12.3 Å². The molecule has 1 aromatic heterocycles. The molecule has 0 aliphatic carbocycles. The molecule has 0 aliphatic heterocycles. The van der Waals surface area contributed by atoms with Crippen molar-refractivity contribution in [2.75, 3.05) is 0 Å². The zero-order valence-corrected chi connectivity index (χ0v) is 13.2. The fraction of sp³-hybridized carbons (Fsp3) is 0.375. The van der Waals surface area contributed by atoms with Gasteiger partial charge >= 0.3 is 6.03 Å². The number of benzene rings is 1.